The third-order valence-corrected chi connectivity index (χ3v) is 4.10. The molecule has 0 unspecified atom stereocenters. The molecule has 1 aromatic carbocycles. The zero-order valence-corrected chi connectivity index (χ0v) is 16.7. The van der Waals surface area contributed by atoms with Gasteiger partial charge in [-0.2, -0.15) is 0 Å². The lowest BCUT2D eigenvalue weighted by atomic mass is 9.87. The van der Waals surface area contributed by atoms with Crippen LogP contribution in [0.2, 0.25) is 0 Å². The molecule has 5 heteroatoms. The second kappa shape index (κ2) is 8.30. The molecule has 0 radical (unpaired) electrons. The summed E-state index contributed by atoms with van der Waals surface area (Å²) in [4.78, 5) is 21.1. The molecular formula is C21H30N4O. The standard InChI is InChI=1S/C21H30N4O/c1-14(2)11-12-22-19(26)18-13-15(3)23-20(25-18)24-17-9-7-16(8-10-17)21(4,5)6/h7-10,13-14H,11-12H2,1-6H3,(H,22,26)(H,23,24,25). The van der Waals surface area contributed by atoms with Gasteiger partial charge in [-0.15, -0.1) is 0 Å². The Morgan fingerprint density at radius 3 is 2.35 bits per heavy atom. The van der Waals surface area contributed by atoms with Gasteiger partial charge in [0.05, 0.1) is 0 Å². The summed E-state index contributed by atoms with van der Waals surface area (Å²) in [5.74, 6) is 0.820. The first kappa shape index (κ1) is 19.9. The number of amides is 1. The number of carbonyl (C=O) groups is 1. The van der Waals surface area contributed by atoms with Gasteiger partial charge in [0.15, 0.2) is 0 Å². The van der Waals surface area contributed by atoms with Crippen LogP contribution in [0.15, 0.2) is 30.3 Å². The van der Waals surface area contributed by atoms with Crippen molar-refractivity contribution in [2.75, 3.05) is 11.9 Å². The normalized spacial score (nSPS) is 11.5. The van der Waals surface area contributed by atoms with Crippen molar-refractivity contribution in [1.82, 2.24) is 15.3 Å². The smallest absolute Gasteiger partial charge is 0.270 e. The van der Waals surface area contributed by atoms with Crippen molar-refractivity contribution < 1.29 is 4.79 Å². The van der Waals surface area contributed by atoms with Gasteiger partial charge in [0.2, 0.25) is 5.95 Å². The lowest BCUT2D eigenvalue weighted by Crippen LogP contribution is -2.26. The minimum atomic E-state index is -0.165. The first-order chi connectivity index (χ1) is 12.1. The molecule has 1 heterocycles. The second-order valence-corrected chi connectivity index (χ2v) is 8.11. The van der Waals surface area contributed by atoms with Crippen molar-refractivity contribution in [3.05, 3.63) is 47.3 Å². The quantitative estimate of drug-likeness (QED) is 0.795. The SMILES string of the molecule is Cc1cc(C(=O)NCCC(C)C)nc(Nc2ccc(C(C)(C)C)cc2)n1. The van der Waals surface area contributed by atoms with Crippen molar-refractivity contribution >= 4 is 17.5 Å². The Bertz CT molecular complexity index is 746. The third-order valence-electron chi connectivity index (χ3n) is 4.10. The van der Waals surface area contributed by atoms with E-state index < -0.39 is 0 Å². The number of benzene rings is 1. The molecule has 0 bridgehead atoms. The molecule has 0 saturated heterocycles. The van der Waals surface area contributed by atoms with Gasteiger partial charge >= 0.3 is 0 Å². The zero-order chi connectivity index (χ0) is 19.3. The molecule has 1 aromatic heterocycles. The Morgan fingerprint density at radius 1 is 1.12 bits per heavy atom. The molecule has 0 atom stereocenters. The third kappa shape index (κ3) is 5.83. The van der Waals surface area contributed by atoms with E-state index in [9.17, 15) is 4.79 Å². The van der Waals surface area contributed by atoms with Crippen molar-refractivity contribution in [3.63, 3.8) is 0 Å². The number of hydrogen-bond acceptors (Lipinski definition) is 4. The average Bonchev–Trinajstić information content (AvgIpc) is 2.53. The minimum Gasteiger partial charge on any atom is -0.351 e. The molecule has 0 aliphatic carbocycles. The molecule has 0 spiro atoms. The molecule has 26 heavy (non-hydrogen) atoms. The number of aryl methyl sites for hydroxylation is 1. The topological polar surface area (TPSA) is 66.9 Å². The van der Waals surface area contributed by atoms with E-state index in [1.807, 2.05) is 19.1 Å². The van der Waals surface area contributed by atoms with E-state index in [0.29, 0.717) is 24.1 Å². The highest BCUT2D eigenvalue weighted by molar-refractivity contribution is 5.92. The van der Waals surface area contributed by atoms with Gasteiger partial charge in [-0.1, -0.05) is 46.8 Å². The first-order valence-electron chi connectivity index (χ1n) is 9.16. The van der Waals surface area contributed by atoms with Gasteiger partial charge in [-0.3, -0.25) is 4.79 Å². The van der Waals surface area contributed by atoms with Gasteiger partial charge in [0.25, 0.3) is 5.91 Å². The van der Waals surface area contributed by atoms with E-state index in [1.165, 1.54) is 5.56 Å². The van der Waals surface area contributed by atoms with Crippen molar-refractivity contribution in [1.29, 1.82) is 0 Å². The highest BCUT2D eigenvalue weighted by Gasteiger charge is 2.14. The van der Waals surface area contributed by atoms with Gasteiger partial charge in [0, 0.05) is 17.9 Å². The van der Waals surface area contributed by atoms with E-state index in [1.54, 1.807) is 6.07 Å². The molecular weight excluding hydrogens is 324 g/mol. The Kier molecular flexibility index (Phi) is 6.35. The Hall–Kier alpha value is -2.43. The predicted molar refractivity (Wildman–Crippen MR) is 107 cm³/mol. The number of aromatic nitrogens is 2. The summed E-state index contributed by atoms with van der Waals surface area (Å²) >= 11 is 0. The fraction of sp³-hybridized carbons (Fsp3) is 0.476. The van der Waals surface area contributed by atoms with Gasteiger partial charge in [0.1, 0.15) is 5.69 Å². The molecule has 5 nitrogen and oxygen atoms in total. The molecule has 1 amide bonds. The molecule has 2 rings (SSSR count). The number of nitrogens with zero attached hydrogens (tertiary/aromatic N) is 2. The van der Waals surface area contributed by atoms with Crippen LogP contribution in [0.1, 0.15) is 62.8 Å². The van der Waals surface area contributed by atoms with Crippen LogP contribution in [-0.4, -0.2) is 22.4 Å². The van der Waals surface area contributed by atoms with Crippen LogP contribution < -0.4 is 10.6 Å². The summed E-state index contributed by atoms with van der Waals surface area (Å²) in [6.45, 7) is 13.3. The van der Waals surface area contributed by atoms with Gasteiger partial charge in [-0.05, 0) is 48.4 Å². The first-order valence-corrected chi connectivity index (χ1v) is 9.16. The minimum absolute atomic E-state index is 0.111. The van der Waals surface area contributed by atoms with Crippen LogP contribution in [0.3, 0.4) is 0 Å². The summed E-state index contributed by atoms with van der Waals surface area (Å²) in [6.07, 6.45) is 0.945. The van der Waals surface area contributed by atoms with Gasteiger partial charge < -0.3 is 10.6 Å². The lowest BCUT2D eigenvalue weighted by Gasteiger charge is -2.19. The van der Waals surface area contributed by atoms with Crippen LogP contribution in [0.5, 0.6) is 0 Å². The van der Waals surface area contributed by atoms with E-state index in [-0.39, 0.29) is 11.3 Å². The van der Waals surface area contributed by atoms with Crippen molar-refractivity contribution in [3.8, 4) is 0 Å². The van der Waals surface area contributed by atoms with Gasteiger partial charge in [-0.25, -0.2) is 9.97 Å². The zero-order valence-electron chi connectivity index (χ0n) is 16.7. The number of rotatable bonds is 6. The monoisotopic (exact) mass is 354 g/mol. The fourth-order valence-electron chi connectivity index (χ4n) is 2.49. The maximum atomic E-state index is 12.3. The van der Waals surface area contributed by atoms with E-state index in [4.69, 9.17) is 0 Å². The lowest BCUT2D eigenvalue weighted by molar-refractivity contribution is 0.0947. The summed E-state index contributed by atoms with van der Waals surface area (Å²) in [7, 11) is 0. The number of anilines is 2. The number of carbonyl (C=O) groups excluding carboxylic acids is 1. The summed E-state index contributed by atoms with van der Waals surface area (Å²) in [6, 6.07) is 9.91. The second-order valence-electron chi connectivity index (χ2n) is 8.11. The summed E-state index contributed by atoms with van der Waals surface area (Å²) in [5.41, 5.74) is 3.41. The van der Waals surface area contributed by atoms with Crippen molar-refractivity contribution in [2.24, 2.45) is 5.92 Å². The van der Waals surface area contributed by atoms with Crippen LogP contribution in [0.4, 0.5) is 11.6 Å². The largest absolute Gasteiger partial charge is 0.351 e. The molecule has 2 aromatic rings. The van der Waals surface area contributed by atoms with Crippen LogP contribution in [-0.2, 0) is 5.41 Å². The number of hydrogen-bond donors (Lipinski definition) is 2. The predicted octanol–water partition coefficient (Wildman–Crippen LogP) is 4.60. The molecule has 0 saturated carbocycles. The van der Waals surface area contributed by atoms with Crippen molar-refractivity contribution in [2.45, 2.75) is 53.4 Å². The Balaban J connectivity index is 2.10. The van der Waals surface area contributed by atoms with E-state index >= 15 is 0 Å². The molecule has 0 fully saturated rings. The van der Waals surface area contributed by atoms with Crippen LogP contribution in [0, 0.1) is 12.8 Å². The molecule has 0 aliphatic rings. The van der Waals surface area contributed by atoms with E-state index in [0.717, 1.165) is 17.8 Å². The highest BCUT2D eigenvalue weighted by atomic mass is 16.1. The van der Waals surface area contributed by atoms with E-state index in [2.05, 4.69) is 67.4 Å². The summed E-state index contributed by atoms with van der Waals surface area (Å²) in [5, 5.41) is 6.11. The molecule has 2 N–H and O–H groups in total. The van der Waals surface area contributed by atoms with Crippen LogP contribution in [0.25, 0.3) is 0 Å². The number of nitrogens with one attached hydrogen (secondary N) is 2. The summed E-state index contributed by atoms with van der Waals surface area (Å²) < 4.78 is 0. The molecule has 0 aliphatic heterocycles. The average molecular weight is 354 g/mol. The fourth-order valence-corrected chi connectivity index (χ4v) is 2.49. The van der Waals surface area contributed by atoms with Crippen LogP contribution >= 0.6 is 0 Å². The maximum Gasteiger partial charge on any atom is 0.270 e. The molecule has 140 valence electrons. The Labute approximate surface area is 156 Å². The maximum absolute atomic E-state index is 12.3. The Morgan fingerprint density at radius 2 is 1.77 bits per heavy atom. The highest BCUT2D eigenvalue weighted by Crippen LogP contribution is 2.24.